The maximum atomic E-state index is 13.4. The molecular formula is C16H25ClFNO2. The van der Waals surface area contributed by atoms with Gasteiger partial charge in [0.25, 0.3) is 0 Å². The molecule has 1 N–H and O–H groups in total. The third-order valence-electron chi connectivity index (χ3n) is 4.07. The zero-order chi connectivity index (χ0) is 14.5. The first-order valence-corrected chi connectivity index (χ1v) is 7.39. The van der Waals surface area contributed by atoms with E-state index in [0.717, 1.165) is 0 Å². The van der Waals surface area contributed by atoms with Gasteiger partial charge in [0.15, 0.2) is 11.6 Å². The van der Waals surface area contributed by atoms with E-state index in [1.807, 2.05) is 0 Å². The van der Waals surface area contributed by atoms with E-state index in [1.165, 1.54) is 25.3 Å². The fraction of sp³-hybridized carbons (Fsp3) is 0.625. The minimum atomic E-state index is -0.599. The highest BCUT2D eigenvalue weighted by atomic mass is 35.5. The Balaban J connectivity index is 0.00000220. The van der Waals surface area contributed by atoms with Crippen molar-refractivity contribution in [3.63, 3.8) is 0 Å². The molecule has 3 atom stereocenters. The highest BCUT2D eigenvalue weighted by Gasteiger charge is 2.26. The van der Waals surface area contributed by atoms with Gasteiger partial charge in [-0.2, -0.15) is 0 Å². The van der Waals surface area contributed by atoms with Crippen molar-refractivity contribution in [1.82, 2.24) is 4.90 Å². The lowest BCUT2D eigenvalue weighted by atomic mass is 9.97. The molecule has 1 saturated heterocycles. The lowest BCUT2D eigenvalue weighted by Gasteiger charge is -2.40. The van der Waals surface area contributed by atoms with Crippen LogP contribution < -0.4 is 4.74 Å². The predicted octanol–water partition coefficient (Wildman–Crippen LogP) is 3.25. The number of para-hydroxylation sites is 1. The fourth-order valence-electron chi connectivity index (χ4n) is 2.88. The number of hydrogen-bond acceptors (Lipinski definition) is 3. The van der Waals surface area contributed by atoms with Gasteiger partial charge in [-0.25, -0.2) is 4.39 Å². The first-order chi connectivity index (χ1) is 9.58. The van der Waals surface area contributed by atoms with Crippen molar-refractivity contribution in [3.05, 3.63) is 30.1 Å². The first-order valence-electron chi connectivity index (χ1n) is 7.39. The molecule has 3 nitrogen and oxygen atoms in total. The van der Waals surface area contributed by atoms with Crippen molar-refractivity contribution in [2.75, 3.05) is 13.2 Å². The molecular weight excluding hydrogens is 293 g/mol. The summed E-state index contributed by atoms with van der Waals surface area (Å²) >= 11 is 0. The number of ether oxygens (including phenoxy) is 1. The van der Waals surface area contributed by atoms with Crippen molar-refractivity contribution in [1.29, 1.82) is 0 Å². The summed E-state index contributed by atoms with van der Waals surface area (Å²) in [5.41, 5.74) is 0. The van der Waals surface area contributed by atoms with Crippen LogP contribution in [-0.2, 0) is 0 Å². The predicted molar refractivity (Wildman–Crippen MR) is 84.6 cm³/mol. The van der Waals surface area contributed by atoms with E-state index in [9.17, 15) is 9.50 Å². The van der Waals surface area contributed by atoms with Crippen LogP contribution in [0.25, 0.3) is 0 Å². The van der Waals surface area contributed by atoms with Gasteiger partial charge in [0, 0.05) is 18.6 Å². The van der Waals surface area contributed by atoms with Gasteiger partial charge in [-0.05, 0) is 38.8 Å². The van der Waals surface area contributed by atoms with Gasteiger partial charge in [0.1, 0.15) is 12.7 Å². The van der Waals surface area contributed by atoms with Crippen molar-refractivity contribution >= 4 is 12.4 Å². The normalized spacial score (nSPS) is 24.2. The van der Waals surface area contributed by atoms with Crippen LogP contribution in [0.1, 0.15) is 33.1 Å². The van der Waals surface area contributed by atoms with Gasteiger partial charge in [-0.15, -0.1) is 12.4 Å². The summed E-state index contributed by atoms with van der Waals surface area (Å²) in [6.45, 7) is 5.09. The number of rotatable bonds is 5. The van der Waals surface area contributed by atoms with Crippen LogP contribution in [0, 0.1) is 5.82 Å². The molecule has 1 fully saturated rings. The summed E-state index contributed by atoms with van der Waals surface area (Å²) < 4.78 is 18.8. The summed E-state index contributed by atoms with van der Waals surface area (Å²) in [7, 11) is 0. The number of likely N-dealkylation sites (tertiary alicyclic amines) is 1. The molecule has 1 aromatic rings. The lowest BCUT2D eigenvalue weighted by molar-refractivity contribution is 0.0202. The van der Waals surface area contributed by atoms with Crippen LogP contribution >= 0.6 is 12.4 Å². The number of piperidine rings is 1. The van der Waals surface area contributed by atoms with Crippen LogP contribution in [0.15, 0.2) is 24.3 Å². The Morgan fingerprint density at radius 1 is 1.29 bits per heavy atom. The summed E-state index contributed by atoms with van der Waals surface area (Å²) in [5, 5.41) is 10.1. The molecule has 5 heteroatoms. The van der Waals surface area contributed by atoms with Crippen molar-refractivity contribution < 1.29 is 14.2 Å². The second kappa shape index (κ2) is 8.57. The van der Waals surface area contributed by atoms with E-state index in [-0.39, 0.29) is 30.6 Å². The third kappa shape index (κ3) is 5.13. The Labute approximate surface area is 132 Å². The number of halogens is 2. The van der Waals surface area contributed by atoms with E-state index in [4.69, 9.17) is 4.74 Å². The summed E-state index contributed by atoms with van der Waals surface area (Å²) in [5.74, 6) is -0.189. The van der Waals surface area contributed by atoms with Crippen LogP contribution in [0.4, 0.5) is 4.39 Å². The van der Waals surface area contributed by atoms with E-state index in [2.05, 4.69) is 18.7 Å². The van der Waals surface area contributed by atoms with Gasteiger partial charge in [0.05, 0.1) is 0 Å². The molecule has 0 saturated carbocycles. The summed E-state index contributed by atoms with van der Waals surface area (Å²) in [6, 6.07) is 7.25. The molecule has 3 unspecified atom stereocenters. The van der Waals surface area contributed by atoms with Gasteiger partial charge in [0.2, 0.25) is 0 Å². The lowest BCUT2D eigenvalue weighted by Crippen LogP contribution is -2.48. The number of aliphatic hydroxyl groups is 1. The van der Waals surface area contributed by atoms with E-state index in [1.54, 1.807) is 18.2 Å². The molecule has 0 aromatic heterocycles. The van der Waals surface area contributed by atoms with Crippen LogP contribution in [0.5, 0.6) is 5.75 Å². The molecule has 1 aliphatic rings. The molecule has 1 heterocycles. The monoisotopic (exact) mass is 317 g/mol. The molecule has 2 rings (SSSR count). The zero-order valence-corrected chi connectivity index (χ0v) is 13.5. The summed E-state index contributed by atoms with van der Waals surface area (Å²) in [4.78, 5) is 2.32. The average molecular weight is 318 g/mol. The van der Waals surface area contributed by atoms with Gasteiger partial charge >= 0.3 is 0 Å². The van der Waals surface area contributed by atoms with Crippen molar-refractivity contribution in [2.45, 2.75) is 51.3 Å². The molecule has 120 valence electrons. The second-order valence-electron chi connectivity index (χ2n) is 5.72. The Kier molecular flexibility index (Phi) is 7.43. The molecule has 0 spiro atoms. The minimum absolute atomic E-state index is 0. The number of benzene rings is 1. The van der Waals surface area contributed by atoms with Crippen LogP contribution in [0.3, 0.4) is 0 Å². The standard InChI is InChI=1S/C16H24FNO2.ClH/c1-12-6-5-7-13(2)18(12)10-14(19)11-20-16-9-4-3-8-15(16)17;/h3-4,8-9,12-14,19H,5-7,10-11H2,1-2H3;1H. The number of aliphatic hydroxyl groups excluding tert-OH is 1. The molecule has 0 bridgehead atoms. The minimum Gasteiger partial charge on any atom is -0.488 e. The van der Waals surface area contributed by atoms with E-state index < -0.39 is 6.10 Å². The number of hydrogen-bond donors (Lipinski definition) is 1. The highest BCUT2D eigenvalue weighted by molar-refractivity contribution is 5.85. The Morgan fingerprint density at radius 2 is 1.90 bits per heavy atom. The van der Waals surface area contributed by atoms with Crippen molar-refractivity contribution in [3.8, 4) is 5.75 Å². The van der Waals surface area contributed by atoms with Gasteiger partial charge in [-0.3, -0.25) is 4.90 Å². The molecule has 21 heavy (non-hydrogen) atoms. The third-order valence-corrected chi connectivity index (χ3v) is 4.07. The first kappa shape index (κ1) is 18.2. The van der Waals surface area contributed by atoms with Gasteiger partial charge in [-0.1, -0.05) is 18.6 Å². The quantitative estimate of drug-likeness (QED) is 0.905. The van der Waals surface area contributed by atoms with E-state index >= 15 is 0 Å². The molecule has 0 aliphatic carbocycles. The molecule has 0 radical (unpaired) electrons. The second-order valence-corrected chi connectivity index (χ2v) is 5.72. The smallest absolute Gasteiger partial charge is 0.165 e. The maximum absolute atomic E-state index is 13.4. The Hall–Kier alpha value is -0.840. The average Bonchev–Trinajstić information content (AvgIpc) is 2.42. The summed E-state index contributed by atoms with van der Waals surface area (Å²) in [6.07, 6.45) is 2.99. The van der Waals surface area contributed by atoms with Crippen LogP contribution in [0.2, 0.25) is 0 Å². The fourth-order valence-corrected chi connectivity index (χ4v) is 2.88. The Morgan fingerprint density at radius 3 is 2.52 bits per heavy atom. The molecule has 0 amide bonds. The Bertz CT molecular complexity index is 422. The largest absolute Gasteiger partial charge is 0.488 e. The van der Waals surface area contributed by atoms with E-state index in [0.29, 0.717) is 18.6 Å². The highest BCUT2D eigenvalue weighted by Crippen LogP contribution is 2.22. The van der Waals surface area contributed by atoms with Gasteiger partial charge < -0.3 is 9.84 Å². The van der Waals surface area contributed by atoms with Crippen LogP contribution in [-0.4, -0.2) is 41.3 Å². The number of nitrogens with zero attached hydrogens (tertiary/aromatic N) is 1. The zero-order valence-electron chi connectivity index (χ0n) is 12.7. The topological polar surface area (TPSA) is 32.7 Å². The molecule has 1 aromatic carbocycles. The maximum Gasteiger partial charge on any atom is 0.165 e. The SMILES string of the molecule is CC1CCCC(C)N1CC(O)COc1ccccc1F.Cl. The molecule has 1 aliphatic heterocycles. The van der Waals surface area contributed by atoms with Crippen molar-refractivity contribution in [2.24, 2.45) is 0 Å². The number of β-amino-alcohol motifs (C(OH)–C–C–N with tert-alkyl or cyclic N) is 1.